The number of para-hydroxylation sites is 1. The minimum absolute atomic E-state index is 0.0714. The Bertz CT molecular complexity index is 2440. The lowest BCUT2D eigenvalue weighted by atomic mass is 10.1. The molecule has 15 nitrogen and oxygen atoms in total. The molecule has 0 radical (unpaired) electrons. The van der Waals surface area contributed by atoms with Gasteiger partial charge in [-0.25, -0.2) is 25.6 Å². The minimum atomic E-state index is -4.07. The molecule has 0 saturated carbocycles. The molecule has 0 bridgehead atoms. The van der Waals surface area contributed by atoms with Crippen molar-refractivity contribution in [1.29, 1.82) is 0 Å². The molecule has 1 fully saturated rings. The van der Waals surface area contributed by atoms with Gasteiger partial charge >= 0.3 is 6.09 Å². The van der Waals surface area contributed by atoms with E-state index in [1.165, 1.54) is 24.7 Å². The highest BCUT2D eigenvalue weighted by Crippen LogP contribution is 2.34. The van der Waals surface area contributed by atoms with E-state index < -0.39 is 25.6 Å². The van der Waals surface area contributed by atoms with Gasteiger partial charge in [-0.2, -0.15) is 9.97 Å². The van der Waals surface area contributed by atoms with Gasteiger partial charge in [0.15, 0.2) is 5.65 Å². The summed E-state index contributed by atoms with van der Waals surface area (Å²) in [5.74, 6) is 1.37. The van der Waals surface area contributed by atoms with Gasteiger partial charge in [0.1, 0.15) is 29.0 Å². The molecule has 0 unspecified atom stereocenters. The second kappa shape index (κ2) is 15.9. The van der Waals surface area contributed by atoms with Gasteiger partial charge in [0.2, 0.25) is 16.0 Å². The number of sulfonamides is 1. The van der Waals surface area contributed by atoms with Gasteiger partial charge in [0.25, 0.3) is 10.0 Å². The van der Waals surface area contributed by atoms with Crippen LogP contribution < -0.4 is 24.4 Å². The van der Waals surface area contributed by atoms with E-state index in [9.17, 15) is 21.6 Å². The molecule has 17 heteroatoms. The highest BCUT2D eigenvalue weighted by Gasteiger charge is 2.28. The van der Waals surface area contributed by atoms with Crippen molar-refractivity contribution >= 4 is 60.3 Å². The zero-order valence-corrected chi connectivity index (χ0v) is 34.1. The Morgan fingerprint density at radius 3 is 2.32 bits per heavy atom. The molecule has 2 N–H and O–H groups in total. The second-order valence-corrected chi connectivity index (χ2v) is 18.4. The van der Waals surface area contributed by atoms with Crippen molar-refractivity contribution in [3.05, 3.63) is 90.1 Å². The molecule has 6 rings (SSSR count). The van der Waals surface area contributed by atoms with Crippen LogP contribution in [0.5, 0.6) is 11.5 Å². The summed E-state index contributed by atoms with van der Waals surface area (Å²) in [6.07, 6.45) is 3.36. The lowest BCUT2D eigenvalue weighted by Gasteiger charge is -2.33. The Labute approximate surface area is 327 Å². The first-order chi connectivity index (χ1) is 26.4. The van der Waals surface area contributed by atoms with Crippen LogP contribution in [0.3, 0.4) is 0 Å². The maximum atomic E-state index is 13.9. The highest BCUT2D eigenvalue weighted by molar-refractivity contribution is 7.92. The van der Waals surface area contributed by atoms with Crippen LogP contribution in [-0.2, 0) is 31.3 Å². The number of nitrogens with zero attached hydrogens (tertiary/aromatic N) is 5. The Hall–Kier alpha value is -5.55. The average Bonchev–Trinajstić information content (AvgIpc) is 3.59. The monoisotopic (exact) mass is 805 g/mol. The summed E-state index contributed by atoms with van der Waals surface area (Å²) in [6.45, 7) is 8.57. The number of fused-ring (bicyclic) bond motifs is 1. The standard InChI is InChI=1S/C39H47N7O8S2/c1-26-12-15-30(16-13-26)56(50,51)46-23-20-31-35(40-25-27-10-8-9-11-33(27)44(5)55(7,48)49)42-37(43-36(31)46)41-32-17-14-29(24-34(32)52-6)53-28-18-21-45(22-19-28)38(47)54-39(2,3)4/h8-17,20,23-24,28H,18-19,21-22,25H2,1-7H3,(H2,40,41,42,43). The quantitative estimate of drug-likeness (QED) is 0.140. The lowest BCUT2D eigenvalue weighted by molar-refractivity contribution is 0.0126. The number of nitrogens with one attached hydrogen (secondary N) is 2. The van der Waals surface area contributed by atoms with Crippen molar-refractivity contribution < 1.29 is 35.8 Å². The van der Waals surface area contributed by atoms with Crippen LogP contribution in [0.25, 0.3) is 11.0 Å². The number of aromatic nitrogens is 3. The molecule has 298 valence electrons. The maximum Gasteiger partial charge on any atom is 0.410 e. The fourth-order valence-electron chi connectivity index (χ4n) is 6.17. The smallest absolute Gasteiger partial charge is 0.410 e. The van der Waals surface area contributed by atoms with Crippen molar-refractivity contribution in [3.63, 3.8) is 0 Å². The molecule has 0 spiro atoms. The Morgan fingerprint density at radius 1 is 0.964 bits per heavy atom. The third-order valence-electron chi connectivity index (χ3n) is 9.18. The SMILES string of the molecule is COc1cc(OC2CCN(C(=O)OC(C)(C)C)CC2)ccc1Nc1nc(NCc2ccccc2N(C)S(C)(=O)=O)c2ccn(S(=O)(=O)c3ccc(C)cc3)c2n1. The average molecular weight is 806 g/mol. The van der Waals surface area contributed by atoms with Gasteiger partial charge in [-0.3, -0.25) is 4.31 Å². The molecule has 0 aliphatic carbocycles. The van der Waals surface area contributed by atoms with Gasteiger partial charge < -0.3 is 29.7 Å². The topological polar surface area (TPSA) is 174 Å². The van der Waals surface area contributed by atoms with E-state index in [4.69, 9.17) is 19.2 Å². The first-order valence-corrected chi connectivity index (χ1v) is 21.3. The van der Waals surface area contributed by atoms with Crippen LogP contribution in [0.1, 0.15) is 44.7 Å². The van der Waals surface area contributed by atoms with E-state index in [1.807, 2.05) is 27.7 Å². The second-order valence-electron chi connectivity index (χ2n) is 14.5. The van der Waals surface area contributed by atoms with Gasteiger partial charge in [-0.1, -0.05) is 35.9 Å². The summed E-state index contributed by atoms with van der Waals surface area (Å²) in [7, 11) is -4.62. The van der Waals surface area contributed by atoms with E-state index in [2.05, 4.69) is 15.6 Å². The Morgan fingerprint density at radius 2 is 1.66 bits per heavy atom. The van der Waals surface area contributed by atoms with Crippen LogP contribution in [0, 0.1) is 6.92 Å². The fraction of sp³-hybridized carbons (Fsp3) is 0.359. The summed E-state index contributed by atoms with van der Waals surface area (Å²) in [6, 6.07) is 20.5. The summed E-state index contributed by atoms with van der Waals surface area (Å²) in [5.41, 5.74) is 2.10. The molecule has 56 heavy (non-hydrogen) atoms. The molecule has 1 aliphatic rings. The van der Waals surface area contributed by atoms with Crippen LogP contribution in [-0.4, -0.2) is 87.0 Å². The normalized spacial score (nSPS) is 14.0. The number of carbonyl (C=O) groups is 1. The largest absolute Gasteiger partial charge is 0.494 e. The number of aryl methyl sites for hydroxylation is 1. The molecule has 2 aromatic heterocycles. The number of benzene rings is 3. The van der Waals surface area contributed by atoms with Crippen molar-refractivity contribution in [3.8, 4) is 11.5 Å². The van der Waals surface area contributed by atoms with Gasteiger partial charge in [-0.15, -0.1) is 0 Å². The summed E-state index contributed by atoms with van der Waals surface area (Å²) < 4.78 is 72.5. The Balaban J connectivity index is 1.29. The summed E-state index contributed by atoms with van der Waals surface area (Å²) in [4.78, 5) is 23.7. The predicted octanol–water partition coefficient (Wildman–Crippen LogP) is 6.52. The molecule has 3 heterocycles. The number of anilines is 4. The van der Waals surface area contributed by atoms with E-state index in [-0.39, 0.29) is 35.2 Å². The van der Waals surface area contributed by atoms with Crippen LogP contribution >= 0.6 is 0 Å². The van der Waals surface area contributed by atoms with E-state index in [1.54, 1.807) is 77.7 Å². The molecule has 1 saturated heterocycles. The van der Waals surface area contributed by atoms with Crippen molar-refractivity contribution in [2.75, 3.05) is 48.4 Å². The summed E-state index contributed by atoms with van der Waals surface area (Å²) in [5, 5.41) is 6.90. The fourth-order valence-corrected chi connectivity index (χ4v) is 8.00. The molecule has 1 amide bonds. The number of ether oxygens (including phenoxy) is 3. The molecule has 5 aromatic rings. The number of carbonyl (C=O) groups excluding carboxylic acids is 1. The van der Waals surface area contributed by atoms with Gasteiger partial charge in [-0.05, 0) is 69.7 Å². The third-order valence-corrected chi connectivity index (χ3v) is 12.1. The zero-order chi connectivity index (χ0) is 40.4. The Kier molecular flexibility index (Phi) is 11.4. The van der Waals surface area contributed by atoms with Crippen LogP contribution in [0.4, 0.5) is 27.9 Å². The van der Waals surface area contributed by atoms with Crippen molar-refractivity contribution in [2.24, 2.45) is 0 Å². The van der Waals surface area contributed by atoms with Crippen LogP contribution in [0.15, 0.2) is 83.9 Å². The number of methoxy groups -OCH3 is 1. The van der Waals surface area contributed by atoms with Crippen molar-refractivity contribution in [1.82, 2.24) is 18.8 Å². The minimum Gasteiger partial charge on any atom is -0.494 e. The van der Waals surface area contributed by atoms with E-state index in [0.717, 1.165) is 15.8 Å². The molecular weight excluding hydrogens is 759 g/mol. The first-order valence-electron chi connectivity index (χ1n) is 18.0. The highest BCUT2D eigenvalue weighted by atomic mass is 32.2. The molecule has 0 atom stereocenters. The van der Waals surface area contributed by atoms with E-state index >= 15 is 0 Å². The first kappa shape index (κ1) is 40.1. The van der Waals surface area contributed by atoms with Crippen LogP contribution in [0.2, 0.25) is 0 Å². The van der Waals surface area contributed by atoms with Gasteiger partial charge in [0.05, 0.1) is 35.0 Å². The number of likely N-dealkylation sites (tertiary alicyclic amines) is 1. The number of rotatable bonds is 12. The molecule has 3 aromatic carbocycles. The molecule has 1 aliphatic heterocycles. The third kappa shape index (κ3) is 9.11. The zero-order valence-electron chi connectivity index (χ0n) is 32.4. The number of piperidine rings is 1. The lowest BCUT2D eigenvalue weighted by Crippen LogP contribution is -2.44. The maximum absolute atomic E-state index is 13.9. The van der Waals surface area contributed by atoms with Gasteiger partial charge in [0, 0.05) is 51.8 Å². The number of amides is 1. The molecular formula is C39H47N7O8S2. The van der Waals surface area contributed by atoms with E-state index in [0.29, 0.717) is 65.6 Å². The van der Waals surface area contributed by atoms with Crippen molar-refractivity contribution in [2.45, 2.75) is 63.7 Å². The number of hydrogen-bond donors (Lipinski definition) is 2. The predicted molar refractivity (Wildman–Crippen MR) is 216 cm³/mol. The number of hydrogen-bond acceptors (Lipinski definition) is 12. The summed E-state index contributed by atoms with van der Waals surface area (Å²) >= 11 is 0.